The first-order chi connectivity index (χ1) is 8.36. The Morgan fingerprint density at radius 2 is 2.11 bits per heavy atom. The number of halogens is 1. The summed E-state index contributed by atoms with van der Waals surface area (Å²) in [5, 5.41) is 10.2. The van der Waals surface area contributed by atoms with Crippen molar-refractivity contribution in [2.75, 3.05) is 5.32 Å². The van der Waals surface area contributed by atoms with Gasteiger partial charge in [-0.05, 0) is 12.1 Å². The van der Waals surface area contributed by atoms with Crippen LogP contribution in [0.5, 0.6) is 0 Å². The number of hydrogen-bond acceptors (Lipinski definition) is 5. The zero-order valence-electron chi connectivity index (χ0n) is 10.2. The second kappa shape index (κ2) is 4.70. The van der Waals surface area contributed by atoms with Crippen molar-refractivity contribution in [1.82, 2.24) is 10.2 Å². The number of nitrogens with one attached hydrogen (secondary N) is 1. The highest BCUT2D eigenvalue weighted by Crippen LogP contribution is 2.30. The van der Waals surface area contributed by atoms with Crippen molar-refractivity contribution in [2.45, 2.75) is 20.8 Å². The number of carbonyl (C=O) groups excluding carboxylic acids is 1. The molecule has 2 rings (SSSR count). The van der Waals surface area contributed by atoms with Gasteiger partial charge in [0.05, 0.1) is 9.21 Å². The van der Waals surface area contributed by atoms with Crippen molar-refractivity contribution in [3.8, 4) is 10.8 Å². The molecule has 0 spiro atoms. The lowest BCUT2D eigenvalue weighted by molar-refractivity contribution is -0.123. The van der Waals surface area contributed by atoms with E-state index in [1.165, 1.54) is 11.3 Å². The van der Waals surface area contributed by atoms with Gasteiger partial charge in [0.15, 0.2) is 0 Å². The first-order valence-electron chi connectivity index (χ1n) is 5.27. The van der Waals surface area contributed by atoms with Gasteiger partial charge >= 0.3 is 6.01 Å². The van der Waals surface area contributed by atoms with Gasteiger partial charge in [0.25, 0.3) is 5.89 Å². The number of thiophene rings is 1. The van der Waals surface area contributed by atoms with E-state index < -0.39 is 5.41 Å². The number of amides is 1. The van der Waals surface area contributed by atoms with Crippen LogP contribution in [0.2, 0.25) is 4.34 Å². The fraction of sp³-hybridized carbons (Fsp3) is 0.364. The molecule has 1 N–H and O–H groups in total. The van der Waals surface area contributed by atoms with Crippen LogP contribution in [0.4, 0.5) is 6.01 Å². The smallest absolute Gasteiger partial charge is 0.322 e. The van der Waals surface area contributed by atoms with E-state index in [0.29, 0.717) is 10.2 Å². The first kappa shape index (κ1) is 13.0. The summed E-state index contributed by atoms with van der Waals surface area (Å²) in [6, 6.07) is 3.63. The van der Waals surface area contributed by atoms with E-state index in [9.17, 15) is 4.79 Å². The maximum Gasteiger partial charge on any atom is 0.322 e. The molecule has 0 saturated carbocycles. The number of aromatic nitrogens is 2. The van der Waals surface area contributed by atoms with Gasteiger partial charge in [0, 0.05) is 5.41 Å². The highest BCUT2D eigenvalue weighted by molar-refractivity contribution is 7.19. The van der Waals surface area contributed by atoms with E-state index >= 15 is 0 Å². The average molecular weight is 286 g/mol. The molecule has 0 unspecified atom stereocenters. The number of anilines is 1. The Bertz CT molecular complexity index is 571. The van der Waals surface area contributed by atoms with Gasteiger partial charge in [0.1, 0.15) is 0 Å². The minimum absolute atomic E-state index is 0.0921. The highest BCUT2D eigenvalue weighted by Gasteiger charge is 2.23. The van der Waals surface area contributed by atoms with Crippen molar-refractivity contribution in [3.05, 3.63) is 16.5 Å². The predicted molar refractivity (Wildman–Crippen MR) is 70.7 cm³/mol. The Labute approximate surface area is 113 Å². The Morgan fingerprint density at radius 3 is 2.67 bits per heavy atom. The molecule has 0 bridgehead atoms. The summed E-state index contributed by atoms with van der Waals surface area (Å²) in [6.45, 7) is 5.41. The molecule has 0 aliphatic heterocycles. The molecule has 96 valence electrons. The van der Waals surface area contributed by atoms with Gasteiger partial charge in [-0.15, -0.1) is 16.4 Å². The van der Waals surface area contributed by atoms with Gasteiger partial charge in [-0.2, -0.15) is 0 Å². The van der Waals surface area contributed by atoms with Crippen molar-refractivity contribution >= 4 is 34.9 Å². The second-order valence-electron chi connectivity index (χ2n) is 4.72. The molecule has 7 heteroatoms. The third-order valence-corrected chi connectivity index (χ3v) is 3.33. The molecular weight excluding hydrogens is 274 g/mol. The standard InChI is InChI=1S/C11H12ClN3O2S/c1-11(2,3)9(16)13-10-15-14-8(17-10)6-4-5-7(12)18-6/h4-5H,1-3H3,(H,13,15,16). The Balaban J connectivity index is 2.14. The van der Waals surface area contributed by atoms with E-state index in [1.54, 1.807) is 32.9 Å². The third kappa shape index (κ3) is 2.88. The maximum atomic E-state index is 11.7. The summed E-state index contributed by atoms with van der Waals surface area (Å²) in [5.41, 5.74) is -0.513. The molecule has 0 atom stereocenters. The van der Waals surface area contributed by atoms with E-state index in [0.717, 1.165) is 4.88 Å². The zero-order chi connectivity index (χ0) is 13.3. The topological polar surface area (TPSA) is 68.0 Å². The van der Waals surface area contributed by atoms with Crippen molar-refractivity contribution in [1.29, 1.82) is 0 Å². The molecule has 1 amide bonds. The van der Waals surface area contributed by atoms with E-state index in [2.05, 4.69) is 15.5 Å². The fourth-order valence-corrected chi connectivity index (χ4v) is 2.05. The molecule has 0 fully saturated rings. The van der Waals surface area contributed by atoms with Crippen LogP contribution >= 0.6 is 22.9 Å². The molecule has 0 aliphatic carbocycles. The lowest BCUT2D eigenvalue weighted by Crippen LogP contribution is -2.27. The molecule has 18 heavy (non-hydrogen) atoms. The Hall–Kier alpha value is -1.40. The minimum atomic E-state index is -0.513. The van der Waals surface area contributed by atoms with Crippen LogP contribution in [0.25, 0.3) is 10.8 Å². The average Bonchev–Trinajstić information content (AvgIpc) is 2.85. The number of nitrogens with zero attached hydrogens (tertiary/aromatic N) is 2. The molecule has 2 aromatic heterocycles. The van der Waals surface area contributed by atoms with Crippen LogP contribution in [-0.4, -0.2) is 16.1 Å². The van der Waals surface area contributed by atoms with E-state index in [1.807, 2.05) is 0 Å². The Kier molecular flexibility index (Phi) is 3.41. The summed E-state index contributed by atoms with van der Waals surface area (Å²) >= 11 is 7.16. The summed E-state index contributed by atoms with van der Waals surface area (Å²) in [7, 11) is 0. The molecule has 2 heterocycles. The number of carbonyl (C=O) groups is 1. The summed E-state index contributed by atoms with van der Waals surface area (Å²) in [4.78, 5) is 12.5. The van der Waals surface area contributed by atoms with Crippen LogP contribution in [0.15, 0.2) is 16.5 Å². The molecule has 0 aliphatic rings. The SMILES string of the molecule is CC(C)(C)C(=O)Nc1nnc(-c2ccc(Cl)s2)o1. The van der Waals surface area contributed by atoms with E-state index in [4.69, 9.17) is 16.0 Å². The molecular formula is C11H12ClN3O2S. The first-order valence-corrected chi connectivity index (χ1v) is 6.46. The largest absolute Gasteiger partial charge is 0.402 e. The van der Waals surface area contributed by atoms with Gasteiger partial charge in [-0.3, -0.25) is 10.1 Å². The van der Waals surface area contributed by atoms with Crippen LogP contribution in [0.1, 0.15) is 20.8 Å². The molecule has 0 saturated heterocycles. The van der Waals surface area contributed by atoms with Gasteiger partial charge in [0.2, 0.25) is 5.91 Å². The van der Waals surface area contributed by atoms with Crippen molar-refractivity contribution in [3.63, 3.8) is 0 Å². The van der Waals surface area contributed by atoms with Gasteiger partial charge < -0.3 is 4.42 Å². The van der Waals surface area contributed by atoms with Crippen molar-refractivity contribution < 1.29 is 9.21 Å². The number of rotatable bonds is 2. The maximum absolute atomic E-state index is 11.7. The normalized spacial score (nSPS) is 11.6. The number of hydrogen-bond donors (Lipinski definition) is 1. The predicted octanol–water partition coefficient (Wildman–Crippen LogP) is 3.44. The van der Waals surface area contributed by atoms with Crippen LogP contribution < -0.4 is 5.32 Å². The van der Waals surface area contributed by atoms with Crippen LogP contribution in [0, 0.1) is 5.41 Å². The van der Waals surface area contributed by atoms with Crippen LogP contribution in [-0.2, 0) is 4.79 Å². The third-order valence-electron chi connectivity index (χ3n) is 2.11. The summed E-state index contributed by atoms with van der Waals surface area (Å²) < 4.78 is 5.99. The lowest BCUT2D eigenvalue weighted by Gasteiger charge is -2.15. The Morgan fingerprint density at radius 1 is 1.39 bits per heavy atom. The summed E-state index contributed by atoms with van der Waals surface area (Å²) in [5.74, 6) is 0.165. The van der Waals surface area contributed by atoms with Crippen molar-refractivity contribution in [2.24, 2.45) is 5.41 Å². The molecule has 0 aromatic carbocycles. The van der Waals surface area contributed by atoms with E-state index in [-0.39, 0.29) is 11.9 Å². The van der Waals surface area contributed by atoms with Gasteiger partial charge in [-0.25, -0.2) is 0 Å². The zero-order valence-corrected chi connectivity index (χ0v) is 11.7. The van der Waals surface area contributed by atoms with Crippen LogP contribution in [0.3, 0.4) is 0 Å². The molecule has 5 nitrogen and oxygen atoms in total. The summed E-state index contributed by atoms with van der Waals surface area (Å²) in [6.07, 6.45) is 0. The fourth-order valence-electron chi connectivity index (χ4n) is 1.09. The quantitative estimate of drug-likeness (QED) is 0.918. The van der Waals surface area contributed by atoms with Gasteiger partial charge in [-0.1, -0.05) is 37.5 Å². The molecule has 2 aromatic rings. The second-order valence-corrected chi connectivity index (χ2v) is 6.44. The lowest BCUT2D eigenvalue weighted by atomic mass is 9.96. The highest BCUT2D eigenvalue weighted by atomic mass is 35.5. The minimum Gasteiger partial charge on any atom is -0.402 e. The molecule has 0 radical (unpaired) electrons. The monoisotopic (exact) mass is 285 g/mol.